The summed E-state index contributed by atoms with van der Waals surface area (Å²) in [6, 6.07) is 0.751. The van der Waals surface area contributed by atoms with Gasteiger partial charge in [0.2, 0.25) is 0 Å². The van der Waals surface area contributed by atoms with Crippen LogP contribution in [0.2, 0.25) is 0 Å². The summed E-state index contributed by atoms with van der Waals surface area (Å²) < 4.78 is 39.6. The molecule has 0 fully saturated rings. The van der Waals surface area contributed by atoms with Crippen LogP contribution in [-0.2, 0) is 6.18 Å². The molecule has 2 aromatic heterocycles. The molecule has 0 unspecified atom stereocenters. The molecule has 8 heteroatoms. The van der Waals surface area contributed by atoms with Crippen LogP contribution in [0.5, 0.6) is 0 Å². The number of hydrogen-bond acceptors (Lipinski definition) is 3. The van der Waals surface area contributed by atoms with Gasteiger partial charge in [-0.1, -0.05) is 0 Å². The molecule has 0 aliphatic heterocycles. The second-order valence-corrected chi connectivity index (χ2v) is 5.05. The molecule has 2 rings (SSSR count). The molecule has 0 aliphatic carbocycles. The van der Waals surface area contributed by atoms with E-state index in [1.165, 1.54) is 4.68 Å². The highest BCUT2D eigenvalue weighted by molar-refractivity contribution is 7.20. The van der Waals surface area contributed by atoms with Crippen molar-refractivity contribution in [3.63, 3.8) is 0 Å². The number of carboxylic acids is 1. The number of aromatic nitrogens is 2. The normalized spacial score (nSPS) is 12.6. The molecule has 98 valence electrons. The lowest BCUT2D eigenvalue weighted by Crippen LogP contribution is -2.09. The molecule has 0 bridgehead atoms. The number of nitrogens with zero attached hydrogens (tertiary/aromatic N) is 2. The predicted molar refractivity (Wildman–Crippen MR) is 60.0 cm³/mol. The van der Waals surface area contributed by atoms with Crippen molar-refractivity contribution in [2.45, 2.75) is 26.1 Å². The molecule has 18 heavy (non-hydrogen) atoms. The molecule has 2 aromatic rings. The number of thiophene rings is 1. The van der Waals surface area contributed by atoms with Crippen LogP contribution in [-0.4, -0.2) is 20.9 Å². The van der Waals surface area contributed by atoms with Crippen molar-refractivity contribution in [1.82, 2.24) is 9.78 Å². The highest BCUT2D eigenvalue weighted by Crippen LogP contribution is 2.38. The second-order valence-electron chi connectivity index (χ2n) is 4.02. The van der Waals surface area contributed by atoms with Gasteiger partial charge in [0.1, 0.15) is 9.71 Å². The van der Waals surface area contributed by atoms with Crippen molar-refractivity contribution in [3.8, 4) is 0 Å². The summed E-state index contributed by atoms with van der Waals surface area (Å²) in [7, 11) is 0. The van der Waals surface area contributed by atoms with E-state index >= 15 is 0 Å². The Hall–Kier alpha value is -1.57. The maximum Gasteiger partial charge on any atom is 0.435 e. The zero-order valence-electron chi connectivity index (χ0n) is 9.45. The molecular weight excluding hydrogens is 269 g/mol. The number of carboxylic acid groups (broad SMARTS) is 1. The highest BCUT2D eigenvalue weighted by atomic mass is 32.1. The van der Waals surface area contributed by atoms with Crippen molar-refractivity contribution < 1.29 is 23.1 Å². The lowest BCUT2D eigenvalue weighted by molar-refractivity contribution is -0.140. The molecule has 0 radical (unpaired) electrons. The largest absolute Gasteiger partial charge is 0.477 e. The zero-order chi connectivity index (χ0) is 13.7. The Morgan fingerprint density at radius 3 is 2.56 bits per heavy atom. The lowest BCUT2D eigenvalue weighted by Gasteiger charge is -2.06. The van der Waals surface area contributed by atoms with Crippen molar-refractivity contribution in [2.75, 3.05) is 0 Å². The van der Waals surface area contributed by atoms with Gasteiger partial charge in [0.15, 0.2) is 5.69 Å². The molecule has 2 heterocycles. The van der Waals surface area contributed by atoms with Crippen LogP contribution < -0.4 is 0 Å². The quantitative estimate of drug-likeness (QED) is 0.916. The van der Waals surface area contributed by atoms with E-state index in [2.05, 4.69) is 5.10 Å². The molecule has 0 saturated heterocycles. The Kier molecular flexibility index (Phi) is 2.84. The van der Waals surface area contributed by atoms with Crippen LogP contribution in [0.15, 0.2) is 6.07 Å². The van der Waals surface area contributed by atoms with E-state index in [1.54, 1.807) is 13.8 Å². The predicted octanol–water partition coefficient (Wildman–Crippen LogP) is 3.40. The summed E-state index contributed by atoms with van der Waals surface area (Å²) in [4.78, 5) is 10.9. The summed E-state index contributed by atoms with van der Waals surface area (Å²) >= 11 is 0.798. The topological polar surface area (TPSA) is 55.1 Å². The number of fused-ring (bicyclic) bond motifs is 1. The summed E-state index contributed by atoms with van der Waals surface area (Å²) in [5.74, 6) is -1.24. The Bertz CT molecular complexity index is 612. The van der Waals surface area contributed by atoms with Crippen LogP contribution in [0.25, 0.3) is 10.2 Å². The van der Waals surface area contributed by atoms with E-state index < -0.39 is 17.8 Å². The van der Waals surface area contributed by atoms with Gasteiger partial charge in [-0.15, -0.1) is 11.3 Å². The van der Waals surface area contributed by atoms with Crippen molar-refractivity contribution >= 4 is 27.5 Å². The first-order chi connectivity index (χ1) is 8.21. The van der Waals surface area contributed by atoms with E-state index in [0.717, 1.165) is 17.4 Å². The fraction of sp³-hybridized carbons (Fsp3) is 0.400. The second kappa shape index (κ2) is 3.98. The van der Waals surface area contributed by atoms with Gasteiger partial charge in [0.25, 0.3) is 0 Å². The van der Waals surface area contributed by atoms with Crippen LogP contribution in [0.4, 0.5) is 13.2 Å². The monoisotopic (exact) mass is 278 g/mol. The molecular formula is C10H9F3N2O2S. The average Bonchev–Trinajstić information content (AvgIpc) is 2.70. The zero-order valence-corrected chi connectivity index (χ0v) is 10.3. The van der Waals surface area contributed by atoms with Crippen LogP contribution in [0.3, 0.4) is 0 Å². The maximum absolute atomic E-state index is 12.8. The summed E-state index contributed by atoms with van der Waals surface area (Å²) in [6.45, 7) is 3.37. The molecule has 1 N–H and O–H groups in total. The Balaban J connectivity index is 2.76. The summed E-state index contributed by atoms with van der Waals surface area (Å²) in [5.41, 5.74) is -1.03. The third-order valence-corrected chi connectivity index (χ3v) is 3.46. The van der Waals surface area contributed by atoms with Crippen molar-refractivity contribution in [3.05, 3.63) is 16.6 Å². The lowest BCUT2D eigenvalue weighted by atomic mass is 10.3. The first kappa shape index (κ1) is 12.9. The first-order valence-corrected chi connectivity index (χ1v) is 5.86. The van der Waals surface area contributed by atoms with Crippen LogP contribution in [0.1, 0.15) is 35.3 Å². The maximum atomic E-state index is 12.8. The molecule has 0 amide bonds. The SMILES string of the molecule is CC(C)n1nc(C(F)(F)F)c2cc(C(=O)O)sc21. The standard InChI is InChI=1S/C10H9F3N2O2S/c1-4(2)15-8-5(3-6(18-8)9(16)17)7(14-15)10(11,12)13/h3-4H,1-2H3,(H,16,17). The fourth-order valence-corrected chi connectivity index (χ4v) is 2.68. The van der Waals surface area contributed by atoms with E-state index in [9.17, 15) is 18.0 Å². The van der Waals surface area contributed by atoms with Gasteiger partial charge >= 0.3 is 12.1 Å². The van der Waals surface area contributed by atoms with E-state index in [1.807, 2.05) is 0 Å². The third kappa shape index (κ3) is 1.96. The Morgan fingerprint density at radius 1 is 1.50 bits per heavy atom. The van der Waals surface area contributed by atoms with Gasteiger partial charge in [0, 0.05) is 11.4 Å². The van der Waals surface area contributed by atoms with E-state index in [0.29, 0.717) is 0 Å². The van der Waals surface area contributed by atoms with E-state index in [-0.39, 0.29) is 21.1 Å². The van der Waals surface area contributed by atoms with Gasteiger partial charge < -0.3 is 5.11 Å². The Labute approximate surface area is 104 Å². The Morgan fingerprint density at radius 2 is 2.11 bits per heavy atom. The van der Waals surface area contributed by atoms with Crippen LogP contribution in [0, 0.1) is 0 Å². The molecule has 4 nitrogen and oxygen atoms in total. The van der Waals surface area contributed by atoms with Crippen molar-refractivity contribution in [1.29, 1.82) is 0 Å². The van der Waals surface area contributed by atoms with E-state index in [4.69, 9.17) is 5.11 Å². The highest BCUT2D eigenvalue weighted by Gasteiger charge is 2.38. The number of hydrogen-bond donors (Lipinski definition) is 1. The minimum Gasteiger partial charge on any atom is -0.477 e. The van der Waals surface area contributed by atoms with Gasteiger partial charge in [-0.3, -0.25) is 4.68 Å². The van der Waals surface area contributed by atoms with Gasteiger partial charge in [-0.2, -0.15) is 18.3 Å². The van der Waals surface area contributed by atoms with Gasteiger partial charge in [0.05, 0.1) is 0 Å². The van der Waals surface area contributed by atoms with Gasteiger partial charge in [-0.05, 0) is 19.9 Å². The number of aromatic carboxylic acids is 1. The molecule has 0 atom stereocenters. The molecule has 0 aliphatic rings. The number of halogens is 3. The number of carbonyl (C=O) groups is 1. The molecule has 0 aromatic carbocycles. The molecule has 0 spiro atoms. The van der Waals surface area contributed by atoms with Crippen LogP contribution >= 0.6 is 11.3 Å². The summed E-state index contributed by atoms with van der Waals surface area (Å²) in [5, 5.41) is 12.2. The average molecular weight is 278 g/mol. The minimum atomic E-state index is -4.59. The third-order valence-electron chi connectivity index (χ3n) is 2.35. The van der Waals surface area contributed by atoms with Gasteiger partial charge in [-0.25, -0.2) is 4.79 Å². The number of rotatable bonds is 2. The van der Waals surface area contributed by atoms with Crippen molar-refractivity contribution in [2.24, 2.45) is 0 Å². The number of alkyl halides is 3. The smallest absolute Gasteiger partial charge is 0.435 e. The summed E-state index contributed by atoms with van der Waals surface area (Å²) in [6.07, 6.45) is -4.59. The minimum absolute atomic E-state index is 0.123. The fourth-order valence-electron chi connectivity index (χ4n) is 1.59. The first-order valence-electron chi connectivity index (χ1n) is 5.04. The molecule has 0 saturated carbocycles.